The second-order valence-electron chi connectivity index (χ2n) is 5.27. The van der Waals surface area contributed by atoms with Crippen molar-refractivity contribution in [3.05, 3.63) is 36.4 Å². The lowest BCUT2D eigenvalue weighted by molar-refractivity contribution is 0.0699. The van der Waals surface area contributed by atoms with Crippen LogP contribution in [0.5, 0.6) is 0 Å². The van der Waals surface area contributed by atoms with Crippen LogP contribution in [0, 0.1) is 12.8 Å². The minimum absolute atomic E-state index is 0.696. The average Bonchev–Trinajstić information content (AvgIpc) is 2.93. The van der Waals surface area contributed by atoms with Crippen molar-refractivity contribution in [1.29, 1.82) is 0 Å². The van der Waals surface area contributed by atoms with Gasteiger partial charge >= 0.3 is 0 Å². The molecular formula is C16H20N2O2. The summed E-state index contributed by atoms with van der Waals surface area (Å²) in [6.07, 6.45) is 4.01. The molecule has 1 aliphatic rings. The van der Waals surface area contributed by atoms with Gasteiger partial charge in [-0.25, -0.2) is 4.98 Å². The monoisotopic (exact) mass is 272 g/mol. The third-order valence-electron chi connectivity index (χ3n) is 3.74. The van der Waals surface area contributed by atoms with Gasteiger partial charge in [-0.3, -0.25) is 0 Å². The number of hydrogen-bond acceptors (Lipinski definition) is 4. The molecular weight excluding hydrogens is 252 g/mol. The Morgan fingerprint density at radius 3 is 2.60 bits per heavy atom. The van der Waals surface area contributed by atoms with Crippen molar-refractivity contribution >= 4 is 5.69 Å². The molecule has 1 aromatic carbocycles. The van der Waals surface area contributed by atoms with E-state index < -0.39 is 0 Å². The fourth-order valence-corrected chi connectivity index (χ4v) is 2.47. The summed E-state index contributed by atoms with van der Waals surface area (Å²) in [4.78, 5) is 4.33. The van der Waals surface area contributed by atoms with Gasteiger partial charge in [0.05, 0.1) is 0 Å². The summed E-state index contributed by atoms with van der Waals surface area (Å²) in [5, 5.41) is 3.50. The first-order valence-corrected chi connectivity index (χ1v) is 7.15. The summed E-state index contributed by atoms with van der Waals surface area (Å²) in [7, 11) is 0. The summed E-state index contributed by atoms with van der Waals surface area (Å²) < 4.78 is 10.6. The van der Waals surface area contributed by atoms with Crippen molar-refractivity contribution < 1.29 is 9.15 Å². The van der Waals surface area contributed by atoms with Crippen LogP contribution in [0.25, 0.3) is 11.3 Å². The molecule has 0 atom stereocenters. The molecule has 1 saturated heterocycles. The maximum Gasteiger partial charge on any atom is 0.191 e. The summed E-state index contributed by atoms with van der Waals surface area (Å²) in [5.74, 6) is 1.42. The normalized spacial score (nSPS) is 16.2. The standard InChI is InChI=1S/C16H20N2O2/c1-12-18-16(11-20-12)14-2-4-15(5-3-14)17-10-13-6-8-19-9-7-13/h2-5,11,13,17H,6-10H2,1H3. The van der Waals surface area contributed by atoms with Crippen LogP contribution in [-0.4, -0.2) is 24.7 Å². The Morgan fingerprint density at radius 2 is 1.95 bits per heavy atom. The van der Waals surface area contributed by atoms with Crippen molar-refractivity contribution in [3.63, 3.8) is 0 Å². The minimum Gasteiger partial charge on any atom is -0.449 e. The van der Waals surface area contributed by atoms with Crippen molar-refractivity contribution in [2.45, 2.75) is 19.8 Å². The van der Waals surface area contributed by atoms with Gasteiger partial charge in [0.15, 0.2) is 5.89 Å². The predicted octanol–water partition coefficient (Wildman–Crippen LogP) is 3.49. The molecule has 0 amide bonds. The molecule has 3 rings (SSSR count). The van der Waals surface area contributed by atoms with E-state index in [9.17, 15) is 0 Å². The Bertz CT molecular complexity index is 542. The lowest BCUT2D eigenvalue weighted by Crippen LogP contribution is -2.22. The fourth-order valence-electron chi connectivity index (χ4n) is 2.47. The lowest BCUT2D eigenvalue weighted by atomic mass is 10.0. The molecule has 0 radical (unpaired) electrons. The van der Waals surface area contributed by atoms with Crippen molar-refractivity contribution in [2.75, 3.05) is 25.1 Å². The van der Waals surface area contributed by atoms with E-state index in [-0.39, 0.29) is 0 Å². The molecule has 1 aliphatic heterocycles. The molecule has 4 heteroatoms. The number of ether oxygens (including phenoxy) is 1. The van der Waals surface area contributed by atoms with Crippen LogP contribution in [0.1, 0.15) is 18.7 Å². The van der Waals surface area contributed by atoms with E-state index in [0.717, 1.165) is 55.5 Å². The highest BCUT2D eigenvalue weighted by molar-refractivity contribution is 5.61. The number of hydrogen-bond donors (Lipinski definition) is 1. The average molecular weight is 272 g/mol. The Hall–Kier alpha value is -1.81. The van der Waals surface area contributed by atoms with Crippen LogP contribution in [0.2, 0.25) is 0 Å². The molecule has 0 saturated carbocycles. The van der Waals surface area contributed by atoms with Gasteiger partial charge in [-0.2, -0.15) is 0 Å². The summed E-state index contributed by atoms with van der Waals surface area (Å²) >= 11 is 0. The van der Waals surface area contributed by atoms with Crippen LogP contribution in [-0.2, 0) is 4.74 Å². The molecule has 0 aliphatic carbocycles. The van der Waals surface area contributed by atoms with Gasteiger partial charge in [-0.1, -0.05) is 12.1 Å². The molecule has 2 heterocycles. The first kappa shape index (κ1) is 13.2. The predicted molar refractivity (Wildman–Crippen MR) is 78.7 cm³/mol. The zero-order chi connectivity index (χ0) is 13.8. The largest absolute Gasteiger partial charge is 0.449 e. The van der Waals surface area contributed by atoms with E-state index in [2.05, 4.69) is 34.6 Å². The highest BCUT2D eigenvalue weighted by Gasteiger charge is 2.13. The maximum atomic E-state index is 5.37. The van der Waals surface area contributed by atoms with Gasteiger partial charge in [0.1, 0.15) is 12.0 Å². The number of oxazole rings is 1. The third-order valence-corrected chi connectivity index (χ3v) is 3.74. The molecule has 0 unspecified atom stereocenters. The number of nitrogens with one attached hydrogen (secondary N) is 1. The van der Waals surface area contributed by atoms with Gasteiger partial charge in [-0.15, -0.1) is 0 Å². The van der Waals surface area contributed by atoms with E-state index in [0.29, 0.717) is 5.89 Å². The van der Waals surface area contributed by atoms with Crippen LogP contribution < -0.4 is 5.32 Å². The molecule has 1 aromatic heterocycles. The topological polar surface area (TPSA) is 47.3 Å². The van der Waals surface area contributed by atoms with Crippen LogP contribution in [0.4, 0.5) is 5.69 Å². The van der Waals surface area contributed by atoms with Crippen LogP contribution in [0.3, 0.4) is 0 Å². The Kier molecular flexibility index (Phi) is 4.02. The number of aryl methyl sites for hydroxylation is 1. The second kappa shape index (κ2) is 6.09. The van der Waals surface area contributed by atoms with Gasteiger partial charge in [0.2, 0.25) is 0 Å². The first-order valence-electron chi connectivity index (χ1n) is 7.15. The zero-order valence-electron chi connectivity index (χ0n) is 11.8. The molecule has 106 valence electrons. The van der Waals surface area contributed by atoms with Crippen LogP contribution in [0.15, 0.2) is 34.9 Å². The van der Waals surface area contributed by atoms with Gasteiger partial charge < -0.3 is 14.5 Å². The third kappa shape index (κ3) is 3.20. The summed E-state index contributed by atoms with van der Waals surface area (Å²) in [5.41, 5.74) is 3.12. The van der Waals surface area contributed by atoms with E-state index in [1.165, 1.54) is 0 Å². The molecule has 0 spiro atoms. The number of benzene rings is 1. The van der Waals surface area contributed by atoms with Gasteiger partial charge in [0, 0.05) is 37.9 Å². The van der Waals surface area contributed by atoms with E-state index in [1.54, 1.807) is 6.26 Å². The zero-order valence-corrected chi connectivity index (χ0v) is 11.8. The summed E-state index contributed by atoms with van der Waals surface area (Å²) in [6, 6.07) is 8.34. The van der Waals surface area contributed by atoms with Crippen molar-refractivity contribution in [2.24, 2.45) is 5.92 Å². The van der Waals surface area contributed by atoms with E-state index in [1.807, 2.05) is 6.92 Å². The highest BCUT2D eigenvalue weighted by atomic mass is 16.5. The number of anilines is 1. The van der Waals surface area contributed by atoms with Gasteiger partial charge in [-0.05, 0) is 30.9 Å². The number of rotatable bonds is 4. The lowest BCUT2D eigenvalue weighted by Gasteiger charge is -2.22. The smallest absolute Gasteiger partial charge is 0.191 e. The summed E-state index contributed by atoms with van der Waals surface area (Å²) in [6.45, 7) is 4.67. The SMILES string of the molecule is Cc1nc(-c2ccc(NCC3CCOCC3)cc2)co1. The first-order chi connectivity index (χ1) is 9.81. The maximum absolute atomic E-state index is 5.37. The quantitative estimate of drug-likeness (QED) is 0.925. The molecule has 20 heavy (non-hydrogen) atoms. The molecule has 2 aromatic rings. The molecule has 1 fully saturated rings. The molecule has 0 bridgehead atoms. The Morgan fingerprint density at radius 1 is 1.20 bits per heavy atom. The number of nitrogens with zero attached hydrogens (tertiary/aromatic N) is 1. The Labute approximate surface area is 119 Å². The van der Waals surface area contributed by atoms with E-state index >= 15 is 0 Å². The molecule has 1 N–H and O–H groups in total. The van der Waals surface area contributed by atoms with Crippen LogP contribution >= 0.6 is 0 Å². The van der Waals surface area contributed by atoms with E-state index in [4.69, 9.17) is 9.15 Å². The Balaban J connectivity index is 1.58. The minimum atomic E-state index is 0.696. The number of aromatic nitrogens is 1. The van der Waals surface area contributed by atoms with Crippen molar-refractivity contribution in [1.82, 2.24) is 4.98 Å². The van der Waals surface area contributed by atoms with Gasteiger partial charge in [0.25, 0.3) is 0 Å². The van der Waals surface area contributed by atoms with Crippen molar-refractivity contribution in [3.8, 4) is 11.3 Å². The molecule has 4 nitrogen and oxygen atoms in total. The second-order valence-corrected chi connectivity index (χ2v) is 5.27. The highest BCUT2D eigenvalue weighted by Crippen LogP contribution is 2.21. The fraction of sp³-hybridized carbons (Fsp3) is 0.438.